The van der Waals surface area contributed by atoms with Crippen LogP contribution in [0, 0.1) is 5.92 Å². The molecule has 0 aliphatic rings. The molecule has 0 bridgehead atoms. The fourth-order valence-electron chi connectivity index (χ4n) is 2.15. The molecule has 0 aromatic carbocycles. The number of hydrogen-bond acceptors (Lipinski definition) is 7. The Bertz CT molecular complexity index is 819. The van der Waals surface area contributed by atoms with Crippen LogP contribution >= 0.6 is 23.1 Å². The van der Waals surface area contributed by atoms with E-state index < -0.39 is 23.1 Å². The van der Waals surface area contributed by atoms with Crippen molar-refractivity contribution in [1.29, 1.82) is 0 Å². The number of thioether (sulfide) groups is 1. The lowest BCUT2D eigenvalue weighted by Crippen LogP contribution is -2.43. The fourth-order valence-corrected chi connectivity index (χ4v) is 3.75. The molecule has 0 fully saturated rings. The van der Waals surface area contributed by atoms with Crippen LogP contribution in [0.1, 0.15) is 27.2 Å². The zero-order valence-electron chi connectivity index (χ0n) is 16.0. The number of nitrogens with one attached hydrogen (secondary N) is 2. The van der Waals surface area contributed by atoms with Crippen molar-refractivity contribution in [3.8, 4) is 10.7 Å². The van der Waals surface area contributed by atoms with Crippen LogP contribution in [-0.4, -0.2) is 44.4 Å². The second-order valence-electron chi connectivity index (χ2n) is 6.50. The Morgan fingerprint density at radius 1 is 1.29 bits per heavy atom. The molecule has 4 N–H and O–H groups in total. The molecule has 1 atom stereocenters. The van der Waals surface area contributed by atoms with Gasteiger partial charge in [0.1, 0.15) is 0 Å². The van der Waals surface area contributed by atoms with Gasteiger partial charge < -0.3 is 15.6 Å². The van der Waals surface area contributed by atoms with E-state index in [4.69, 9.17) is 5.73 Å². The normalized spacial score (nSPS) is 12.0. The quantitative estimate of drug-likeness (QED) is 0.526. The highest BCUT2D eigenvalue weighted by Gasteiger charge is 2.22. The van der Waals surface area contributed by atoms with Crippen LogP contribution in [0.4, 0.5) is 4.79 Å². The molecule has 11 heteroatoms. The van der Waals surface area contributed by atoms with Crippen molar-refractivity contribution in [2.45, 2.75) is 44.1 Å². The summed E-state index contributed by atoms with van der Waals surface area (Å²) in [5.74, 6) is 0.0240. The molecule has 2 rings (SSSR count). The first-order chi connectivity index (χ1) is 13.3. The van der Waals surface area contributed by atoms with E-state index in [1.807, 2.05) is 31.4 Å². The molecule has 4 amide bonds. The van der Waals surface area contributed by atoms with E-state index in [1.165, 1.54) is 11.3 Å². The predicted octanol–water partition coefficient (Wildman–Crippen LogP) is 1.84. The van der Waals surface area contributed by atoms with Gasteiger partial charge in [0.15, 0.2) is 11.0 Å². The van der Waals surface area contributed by atoms with E-state index in [-0.39, 0.29) is 12.3 Å². The third-order valence-corrected chi connectivity index (χ3v) is 5.55. The van der Waals surface area contributed by atoms with Crippen LogP contribution in [0.5, 0.6) is 0 Å². The molecular weight excluding hydrogens is 400 g/mol. The number of imide groups is 1. The second-order valence-corrected chi connectivity index (χ2v) is 8.76. The lowest BCUT2D eigenvalue weighted by molar-refractivity contribution is -0.119. The summed E-state index contributed by atoms with van der Waals surface area (Å²) in [5.41, 5.74) is 5.28. The highest BCUT2D eigenvalue weighted by Crippen LogP contribution is 2.29. The van der Waals surface area contributed by atoms with Crippen molar-refractivity contribution in [2.24, 2.45) is 11.7 Å². The Balaban J connectivity index is 2.08. The SMILES string of the molecule is CC(C)CNC(=O)NC(=O)C(C)Sc1nnc(-c2cccs2)n1CCC(N)=O. The Kier molecular flexibility index (Phi) is 8.00. The van der Waals surface area contributed by atoms with Crippen molar-refractivity contribution in [3.05, 3.63) is 17.5 Å². The van der Waals surface area contributed by atoms with Gasteiger partial charge in [0.25, 0.3) is 0 Å². The van der Waals surface area contributed by atoms with Crippen LogP contribution in [0.25, 0.3) is 10.7 Å². The molecule has 0 radical (unpaired) electrons. The first-order valence-electron chi connectivity index (χ1n) is 8.78. The monoisotopic (exact) mass is 424 g/mol. The Labute approximate surface area is 171 Å². The summed E-state index contributed by atoms with van der Waals surface area (Å²) in [4.78, 5) is 36.2. The molecule has 28 heavy (non-hydrogen) atoms. The maximum Gasteiger partial charge on any atom is 0.321 e. The molecule has 0 aliphatic carbocycles. The number of amides is 4. The van der Waals surface area contributed by atoms with E-state index in [0.717, 1.165) is 16.6 Å². The number of urea groups is 1. The van der Waals surface area contributed by atoms with Crippen molar-refractivity contribution in [1.82, 2.24) is 25.4 Å². The van der Waals surface area contributed by atoms with Crippen molar-refractivity contribution in [3.63, 3.8) is 0 Å². The number of thiophene rings is 1. The molecule has 0 aliphatic heterocycles. The van der Waals surface area contributed by atoms with Gasteiger partial charge in [0.2, 0.25) is 11.8 Å². The average Bonchev–Trinajstić information content (AvgIpc) is 3.27. The largest absolute Gasteiger partial charge is 0.370 e. The smallest absolute Gasteiger partial charge is 0.321 e. The Morgan fingerprint density at radius 2 is 2.04 bits per heavy atom. The van der Waals surface area contributed by atoms with Gasteiger partial charge in [-0.05, 0) is 24.3 Å². The maximum absolute atomic E-state index is 12.3. The van der Waals surface area contributed by atoms with Gasteiger partial charge in [-0.25, -0.2) is 4.79 Å². The standard InChI is InChI=1S/C17H24N6O3S2/c1-10(2)9-19-16(26)20-15(25)11(3)28-17-22-21-14(12-5-4-8-27-12)23(17)7-6-13(18)24/h4-5,8,10-11H,6-7,9H2,1-3H3,(H2,18,24)(H2,19,20,25,26). The highest BCUT2D eigenvalue weighted by molar-refractivity contribution is 8.00. The van der Waals surface area contributed by atoms with E-state index >= 15 is 0 Å². The van der Waals surface area contributed by atoms with Gasteiger partial charge in [-0.2, -0.15) is 0 Å². The fraction of sp³-hybridized carbons (Fsp3) is 0.471. The zero-order chi connectivity index (χ0) is 20.7. The molecule has 0 spiro atoms. The van der Waals surface area contributed by atoms with Crippen LogP contribution in [0.15, 0.2) is 22.7 Å². The highest BCUT2D eigenvalue weighted by atomic mass is 32.2. The molecule has 2 aromatic heterocycles. The van der Waals surface area contributed by atoms with Crippen LogP contribution in [0.3, 0.4) is 0 Å². The molecule has 2 heterocycles. The van der Waals surface area contributed by atoms with Gasteiger partial charge >= 0.3 is 6.03 Å². The summed E-state index contributed by atoms with van der Waals surface area (Å²) in [6.45, 7) is 6.39. The minimum Gasteiger partial charge on any atom is -0.370 e. The molecule has 2 aromatic rings. The summed E-state index contributed by atoms with van der Waals surface area (Å²) >= 11 is 2.66. The predicted molar refractivity (Wildman–Crippen MR) is 109 cm³/mol. The van der Waals surface area contributed by atoms with Gasteiger partial charge in [-0.3, -0.25) is 14.9 Å². The van der Waals surface area contributed by atoms with E-state index in [0.29, 0.717) is 24.1 Å². The van der Waals surface area contributed by atoms with Crippen LogP contribution in [0.2, 0.25) is 0 Å². The van der Waals surface area contributed by atoms with Crippen molar-refractivity contribution >= 4 is 40.9 Å². The van der Waals surface area contributed by atoms with Crippen molar-refractivity contribution in [2.75, 3.05) is 6.54 Å². The topological polar surface area (TPSA) is 132 Å². The lowest BCUT2D eigenvalue weighted by Gasteiger charge is -2.13. The lowest BCUT2D eigenvalue weighted by atomic mass is 10.2. The number of hydrogen-bond donors (Lipinski definition) is 3. The average molecular weight is 425 g/mol. The number of primary amides is 1. The third kappa shape index (κ3) is 6.34. The van der Waals surface area contributed by atoms with E-state index in [2.05, 4.69) is 20.8 Å². The number of nitrogens with zero attached hydrogens (tertiary/aromatic N) is 3. The number of carbonyl (C=O) groups excluding carboxylic acids is 3. The maximum atomic E-state index is 12.3. The molecule has 1 unspecified atom stereocenters. The summed E-state index contributed by atoms with van der Waals surface area (Å²) < 4.78 is 1.77. The number of aromatic nitrogens is 3. The zero-order valence-corrected chi connectivity index (χ0v) is 17.6. The second kappa shape index (κ2) is 10.2. The summed E-state index contributed by atoms with van der Waals surface area (Å²) in [6, 6.07) is 3.27. The van der Waals surface area contributed by atoms with Gasteiger partial charge in [0, 0.05) is 19.5 Å². The minimum absolute atomic E-state index is 0.127. The molecule has 0 saturated heterocycles. The van der Waals surface area contributed by atoms with Crippen LogP contribution < -0.4 is 16.4 Å². The van der Waals surface area contributed by atoms with Crippen LogP contribution in [-0.2, 0) is 16.1 Å². The third-order valence-electron chi connectivity index (χ3n) is 3.60. The Hall–Kier alpha value is -2.40. The summed E-state index contributed by atoms with van der Waals surface area (Å²) in [7, 11) is 0. The molecule has 0 saturated carbocycles. The number of nitrogens with two attached hydrogens (primary N) is 1. The first-order valence-corrected chi connectivity index (χ1v) is 10.5. The molecule has 152 valence electrons. The van der Waals surface area contributed by atoms with E-state index in [9.17, 15) is 14.4 Å². The van der Waals surface area contributed by atoms with Gasteiger partial charge in [0.05, 0.1) is 10.1 Å². The number of rotatable bonds is 9. The molecular formula is C17H24N6O3S2. The molecule has 9 nitrogen and oxygen atoms in total. The van der Waals surface area contributed by atoms with E-state index in [1.54, 1.807) is 11.5 Å². The van der Waals surface area contributed by atoms with Gasteiger partial charge in [-0.1, -0.05) is 31.7 Å². The van der Waals surface area contributed by atoms with Crippen molar-refractivity contribution < 1.29 is 14.4 Å². The minimum atomic E-state index is -0.586. The first kappa shape index (κ1) is 21.9. The summed E-state index contributed by atoms with van der Waals surface area (Å²) in [5, 5.41) is 15.1. The Morgan fingerprint density at radius 3 is 2.64 bits per heavy atom. The summed E-state index contributed by atoms with van der Waals surface area (Å²) in [6.07, 6.45) is 0.127. The van der Waals surface area contributed by atoms with Gasteiger partial charge in [-0.15, -0.1) is 21.5 Å². The number of carbonyl (C=O) groups is 3.